The summed E-state index contributed by atoms with van der Waals surface area (Å²) in [5, 5.41) is 4.15. The van der Waals surface area contributed by atoms with Crippen LogP contribution >= 0.6 is 11.6 Å². The first-order chi connectivity index (χ1) is 7.20. The highest BCUT2D eigenvalue weighted by Gasteiger charge is 2.06. The zero-order valence-corrected chi connectivity index (χ0v) is 9.00. The summed E-state index contributed by atoms with van der Waals surface area (Å²) in [5.41, 5.74) is 2.18. The highest BCUT2D eigenvalue weighted by atomic mass is 35.5. The van der Waals surface area contributed by atoms with Gasteiger partial charge in [0.2, 0.25) is 0 Å². The average molecular weight is 225 g/mol. The maximum absolute atomic E-state index is 13.5. The Morgan fingerprint density at radius 3 is 2.87 bits per heavy atom. The Hall–Kier alpha value is -1.35. The van der Waals surface area contributed by atoms with Crippen LogP contribution in [0.1, 0.15) is 11.3 Å². The summed E-state index contributed by atoms with van der Waals surface area (Å²) in [4.78, 5) is 0. The van der Waals surface area contributed by atoms with Crippen molar-refractivity contribution in [1.82, 2.24) is 9.78 Å². The maximum Gasteiger partial charge on any atom is 0.148 e. The van der Waals surface area contributed by atoms with E-state index in [0.29, 0.717) is 11.6 Å². The van der Waals surface area contributed by atoms with Crippen molar-refractivity contribution in [2.24, 2.45) is 0 Å². The van der Waals surface area contributed by atoms with Gasteiger partial charge < -0.3 is 0 Å². The van der Waals surface area contributed by atoms with Crippen LogP contribution in [0.4, 0.5) is 4.39 Å². The molecule has 4 heteroatoms. The van der Waals surface area contributed by atoms with Crippen LogP contribution < -0.4 is 0 Å². The third-order valence-corrected chi connectivity index (χ3v) is 2.40. The van der Waals surface area contributed by atoms with Gasteiger partial charge in [0.1, 0.15) is 11.5 Å². The number of alkyl halides is 1. The monoisotopic (exact) mass is 224 g/mol. The van der Waals surface area contributed by atoms with E-state index in [1.165, 1.54) is 10.7 Å². The number of aryl methyl sites for hydroxylation is 1. The van der Waals surface area contributed by atoms with Gasteiger partial charge in [0.15, 0.2) is 0 Å². The Morgan fingerprint density at radius 1 is 1.40 bits per heavy atom. The third-order valence-electron chi connectivity index (χ3n) is 2.13. The number of benzene rings is 1. The van der Waals surface area contributed by atoms with E-state index in [4.69, 9.17) is 11.6 Å². The smallest absolute Gasteiger partial charge is 0.148 e. The minimum Gasteiger partial charge on any atom is -0.238 e. The van der Waals surface area contributed by atoms with Gasteiger partial charge in [-0.15, -0.1) is 11.6 Å². The first-order valence-electron chi connectivity index (χ1n) is 4.58. The summed E-state index contributed by atoms with van der Waals surface area (Å²) in [5.74, 6) is 0.0466. The molecule has 0 fully saturated rings. The van der Waals surface area contributed by atoms with Gasteiger partial charge in [0.05, 0.1) is 11.6 Å². The van der Waals surface area contributed by atoms with Crippen LogP contribution in [0.25, 0.3) is 5.69 Å². The van der Waals surface area contributed by atoms with Gasteiger partial charge in [0.25, 0.3) is 0 Å². The van der Waals surface area contributed by atoms with Gasteiger partial charge >= 0.3 is 0 Å². The van der Waals surface area contributed by atoms with E-state index in [1.54, 1.807) is 24.4 Å². The van der Waals surface area contributed by atoms with E-state index in [1.807, 2.05) is 6.92 Å². The molecule has 0 N–H and O–H groups in total. The number of aromatic nitrogens is 2. The second-order valence-electron chi connectivity index (χ2n) is 3.34. The molecule has 2 aromatic rings. The first-order valence-corrected chi connectivity index (χ1v) is 5.11. The molecule has 0 saturated heterocycles. The van der Waals surface area contributed by atoms with Gasteiger partial charge in [-0.2, -0.15) is 5.10 Å². The van der Waals surface area contributed by atoms with Crippen molar-refractivity contribution >= 4 is 11.6 Å². The Balaban J connectivity index is 2.48. The Kier molecular flexibility index (Phi) is 2.73. The lowest BCUT2D eigenvalue weighted by atomic mass is 10.2. The zero-order valence-electron chi connectivity index (χ0n) is 8.24. The fraction of sp³-hybridized carbons (Fsp3) is 0.182. The van der Waals surface area contributed by atoms with Crippen LogP contribution in [-0.2, 0) is 5.88 Å². The van der Waals surface area contributed by atoms with Crippen molar-refractivity contribution in [3.8, 4) is 5.69 Å². The molecule has 0 aliphatic carbocycles. The zero-order chi connectivity index (χ0) is 10.8. The summed E-state index contributed by atoms with van der Waals surface area (Å²) >= 11 is 5.63. The van der Waals surface area contributed by atoms with E-state index >= 15 is 0 Å². The molecule has 0 radical (unpaired) electrons. The standard InChI is InChI=1S/C11H10ClFN2/c1-8-2-3-10(13)11(6-8)15-5-4-9(7-12)14-15/h2-6H,7H2,1H3. The Morgan fingerprint density at radius 2 is 2.20 bits per heavy atom. The fourth-order valence-electron chi connectivity index (χ4n) is 1.37. The molecule has 2 nitrogen and oxygen atoms in total. The topological polar surface area (TPSA) is 17.8 Å². The van der Waals surface area contributed by atoms with Crippen LogP contribution in [-0.4, -0.2) is 9.78 Å². The van der Waals surface area contributed by atoms with Crippen molar-refractivity contribution in [1.29, 1.82) is 0 Å². The lowest BCUT2D eigenvalue weighted by Crippen LogP contribution is -1.99. The van der Waals surface area contributed by atoms with Gasteiger partial charge in [-0.25, -0.2) is 9.07 Å². The highest BCUT2D eigenvalue weighted by molar-refractivity contribution is 6.16. The molecule has 0 aliphatic heterocycles. The molecule has 0 amide bonds. The highest BCUT2D eigenvalue weighted by Crippen LogP contribution is 2.15. The molecular weight excluding hydrogens is 215 g/mol. The quantitative estimate of drug-likeness (QED) is 0.717. The van der Waals surface area contributed by atoms with Crippen molar-refractivity contribution < 1.29 is 4.39 Å². The molecule has 1 aromatic carbocycles. The molecule has 0 saturated carbocycles. The Bertz CT molecular complexity index is 479. The fourth-order valence-corrected chi connectivity index (χ4v) is 1.51. The lowest BCUT2D eigenvalue weighted by molar-refractivity contribution is 0.609. The van der Waals surface area contributed by atoms with E-state index in [-0.39, 0.29) is 5.82 Å². The molecule has 2 rings (SSSR count). The van der Waals surface area contributed by atoms with Crippen LogP contribution in [0.5, 0.6) is 0 Å². The van der Waals surface area contributed by atoms with Gasteiger partial charge in [-0.05, 0) is 30.7 Å². The summed E-state index contributed by atoms with van der Waals surface area (Å²) in [6.07, 6.45) is 1.70. The number of hydrogen-bond donors (Lipinski definition) is 0. The molecule has 0 bridgehead atoms. The summed E-state index contributed by atoms with van der Waals surface area (Å²) in [6, 6.07) is 6.69. The number of hydrogen-bond acceptors (Lipinski definition) is 1. The van der Waals surface area contributed by atoms with E-state index in [0.717, 1.165) is 11.3 Å². The van der Waals surface area contributed by atoms with Crippen molar-refractivity contribution in [2.75, 3.05) is 0 Å². The second kappa shape index (κ2) is 4.03. The normalized spacial score (nSPS) is 10.6. The predicted octanol–water partition coefficient (Wildman–Crippen LogP) is 3.06. The predicted molar refractivity (Wildman–Crippen MR) is 57.8 cm³/mol. The van der Waals surface area contributed by atoms with Crippen LogP contribution in [0.15, 0.2) is 30.5 Å². The molecule has 0 atom stereocenters. The average Bonchev–Trinajstić information content (AvgIpc) is 2.70. The molecule has 15 heavy (non-hydrogen) atoms. The van der Waals surface area contributed by atoms with Crippen LogP contribution in [0.2, 0.25) is 0 Å². The second-order valence-corrected chi connectivity index (χ2v) is 3.61. The van der Waals surface area contributed by atoms with Crippen LogP contribution in [0.3, 0.4) is 0 Å². The summed E-state index contributed by atoms with van der Waals surface area (Å²) in [6.45, 7) is 1.91. The Labute approximate surface area is 92.3 Å². The van der Waals surface area contributed by atoms with Gasteiger partial charge in [0, 0.05) is 6.20 Å². The molecule has 0 unspecified atom stereocenters. The largest absolute Gasteiger partial charge is 0.238 e. The van der Waals surface area contributed by atoms with E-state index in [9.17, 15) is 4.39 Å². The van der Waals surface area contributed by atoms with Crippen molar-refractivity contribution in [3.63, 3.8) is 0 Å². The van der Waals surface area contributed by atoms with Crippen molar-refractivity contribution in [2.45, 2.75) is 12.8 Å². The summed E-state index contributed by atoms with van der Waals surface area (Å²) < 4.78 is 15.0. The molecule has 78 valence electrons. The third kappa shape index (κ3) is 2.02. The molecule has 1 aromatic heterocycles. The molecule has 1 heterocycles. The van der Waals surface area contributed by atoms with Crippen LogP contribution in [0, 0.1) is 12.7 Å². The summed E-state index contributed by atoms with van der Waals surface area (Å²) in [7, 11) is 0. The first kappa shape index (κ1) is 10.2. The van der Waals surface area contributed by atoms with Crippen molar-refractivity contribution in [3.05, 3.63) is 47.5 Å². The number of halogens is 2. The number of rotatable bonds is 2. The molecule has 0 spiro atoms. The van der Waals surface area contributed by atoms with Gasteiger partial charge in [-0.1, -0.05) is 6.07 Å². The number of nitrogens with zero attached hydrogens (tertiary/aromatic N) is 2. The molecular formula is C11H10ClFN2. The van der Waals surface area contributed by atoms with E-state index in [2.05, 4.69) is 5.10 Å². The lowest BCUT2D eigenvalue weighted by Gasteiger charge is -2.03. The van der Waals surface area contributed by atoms with E-state index < -0.39 is 0 Å². The minimum atomic E-state index is -0.287. The SMILES string of the molecule is Cc1ccc(F)c(-n2ccc(CCl)n2)c1. The maximum atomic E-state index is 13.5. The van der Waals surface area contributed by atoms with Gasteiger partial charge in [-0.3, -0.25) is 0 Å². The minimum absolute atomic E-state index is 0.287. The molecule has 0 aliphatic rings.